The Morgan fingerprint density at radius 1 is 0.895 bits per heavy atom. The average Bonchev–Trinajstić information content (AvgIpc) is 2.97. The molecular formula is C13H25N3O2S. The third-order valence-electron chi connectivity index (χ3n) is 5.02. The van der Waals surface area contributed by atoms with E-state index in [1.165, 1.54) is 25.7 Å². The second kappa shape index (κ2) is 5.31. The molecule has 0 radical (unpaired) electrons. The molecule has 0 aromatic heterocycles. The quantitative estimate of drug-likeness (QED) is 0.753. The lowest BCUT2D eigenvalue weighted by molar-refractivity contribution is 0.0727. The van der Waals surface area contributed by atoms with Gasteiger partial charge in [0.25, 0.3) is 0 Å². The first-order valence-electron chi connectivity index (χ1n) is 7.49. The number of piperazine rings is 1. The molecular weight excluding hydrogens is 262 g/mol. The maximum absolute atomic E-state index is 11.7. The second-order valence-electron chi connectivity index (χ2n) is 6.32. The van der Waals surface area contributed by atoms with E-state index >= 15 is 0 Å². The lowest BCUT2D eigenvalue weighted by Crippen LogP contribution is -2.56. The number of hydrogen-bond acceptors (Lipinski definition) is 5. The third kappa shape index (κ3) is 2.96. The Kier molecular flexibility index (Phi) is 3.86. The summed E-state index contributed by atoms with van der Waals surface area (Å²) in [5.74, 6) is 0.429. The van der Waals surface area contributed by atoms with E-state index in [4.69, 9.17) is 5.73 Å². The van der Waals surface area contributed by atoms with Crippen LogP contribution in [0.25, 0.3) is 0 Å². The molecule has 1 aliphatic carbocycles. The van der Waals surface area contributed by atoms with Crippen LogP contribution >= 0.6 is 0 Å². The summed E-state index contributed by atoms with van der Waals surface area (Å²) in [5, 5.41) is 0. The molecule has 2 saturated heterocycles. The van der Waals surface area contributed by atoms with E-state index in [0.29, 0.717) is 0 Å². The summed E-state index contributed by atoms with van der Waals surface area (Å²) in [6.07, 6.45) is 5.43. The summed E-state index contributed by atoms with van der Waals surface area (Å²) in [7, 11) is -2.90. The van der Waals surface area contributed by atoms with E-state index in [-0.39, 0.29) is 23.6 Å². The van der Waals surface area contributed by atoms with Gasteiger partial charge in [-0.05, 0) is 12.8 Å². The number of hydrogen-bond donors (Lipinski definition) is 1. The summed E-state index contributed by atoms with van der Waals surface area (Å²) in [6, 6.07) is 0.641. The Hall–Kier alpha value is -0.170. The van der Waals surface area contributed by atoms with Gasteiger partial charge in [-0.25, -0.2) is 8.42 Å². The highest BCUT2D eigenvalue weighted by Gasteiger charge is 2.40. The van der Waals surface area contributed by atoms with Crippen molar-refractivity contribution in [3.05, 3.63) is 0 Å². The predicted molar refractivity (Wildman–Crippen MR) is 75.8 cm³/mol. The Morgan fingerprint density at radius 3 is 2.00 bits per heavy atom. The van der Waals surface area contributed by atoms with Crippen molar-refractivity contribution in [3.8, 4) is 0 Å². The number of nitrogens with zero attached hydrogens (tertiary/aromatic N) is 2. The summed E-state index contributed by atoms with van der Waals surface area (Å²) in [4.78, 5) is 4.90. The van der Waals surface area contributed by atoms with Gasteiger partial charge in [0.05, 0.1) is 11.5 Å². The molecule has 0 spiro atoms. The molecule has 0 aromatic carbocycles. The van der Waals surface area contributed by atoms with Crippen molar-refractivity contribution in [1.29, 1.82) is 0 Å². The molecule has 2 unspecified atom stereocenters. The highest BCUT2D eigenvalue weighted by Crippen LogP contribution is 2.25. The van der Waals surface area contributed by atoms with Gasteiger partial charge < -0.3 is 5.73 Å². The molecule has 0 bridgehead atoms. The van der Waals surface area contributed by atoms with Crippen molar-refractivity contribution in [2.24, 2.45) is 5.73 Å². The van der Waals surface area contributed by atoms with Crippen molar-refractivity contribution in [2.45, 2.75) is 43.8 Å². The van der Waals surface area contributed by atoms with Gasteiger partial charge in [-0.3, -0.25) is 9.80 Å². The zero-order valence-electron chi connectivity index (χ0n) is 11.5. The van der Waals surface area contributed by atoms with Crippen molar-refractivity contribution < 1.29 is 8.42 Å². The monoisotopic (exact) mass is 287 g/mol. The van der Waals surface area contributed by atoms with Crippen LogP contribution < -0.4 is 5.73 Å². The van der Waals surface area contributed by atoms with Gasteiger partial charge >= 0.3 is 0 Å². The molecule has 2 heterocycles. The minimum Gasteiger partial charge on any atom is -0.325 e. The minimum atomic E-state index is -2.90. The molecule has 3 rings (SSSR count). The van der Waals surface area contributed by atoms with Crippen LogP contribution in [0.1, 0.15) is 25.7 Å². The molecule has 5 nitrogen and oxygen atoms in total. The minimum absolute atomic E-state index is 0.0516. The van der Waals surface area contributed by atoms with E-state index < -0.39 is 9.84 Å². The van der Waals surface area contributed by atoms with Crippen molar-refractivity contribution in [1.82, 2.24) is 9.80 Å². The fourth-order valence-corrected chi connectivity index (χ4v) is 5.86. The Morgan fingerprint density at radius 2 is 1.47 bits per heavy atom. The standard InChI is InChI=1S/C13H25N3O2S/c14-12-9-19(17,18)10-13(12)16-7-5-15(6-8-16)11-3-1-2-4-11/h11-13H,1-10,14H2. The lowest BCUT2D eigenvalue weighted by Gasteiger charge is -2.41. The van der Waals surface area contributed by atoms with Crippen LogP contribution in [0.5, 0.6) is 0 Å². The van der Waals surface area contributed by atoms with Gasteiger partial charge in [-0.15, -0.1) is 0 Å². The molecule has 1 saturated carbocycles. The normalized spacial score (nSPS) is 37.9. The van der Waals surface area contributed by atoms with E-state index in [1.54, 1.807) is 0 Å². The van der Waals surface area contributed by atoms with Gasteiger partial charge in [-0.1, -0.05) is 12.8 Å². The molecule has 3 aliphatic rings. The van der Waals surface area contributed by atoms with Gasteiger partial charge in [0.15, 0.2) is 9.84 Å². The van der Waals surface area contributed by atoms with Crippen LogP contribution in [0.2, 0.25) is 0 Å². The third-order valence-corrected chi connectivity index (χ3v) is 6.77. The van der Waals surface area contributed by atoms with Gasteiger partial charge in [0, 0.05) is 44.3 Å². The molecule has 2 atom stereocenters. The molecule has 0 amide bonds. The first-order chi connectivity index (χ1) is 9.05. The number of rotatable bonds is 2. The topological polar surface area (TPSA) is 66.6 Å². The van der Waals surface area contributed by atoms with Gasteiger partial charge in [0.2, 0.25) is 0 Å². The van der Waals surface area contributed by atoms with E-state index in [1.807, 2.05) is 0 Å². The Balaban J connectivity index is 1.55. The van der Waals surface area contributed by atoms with Crippen molar-refractivity contribution in [3.63, 3.8) is 0 Å². The fraction of sp³-hybridized carbons (Fsp3) is 1.00. The van der Waals surface area contributed by atoms with Crippen LogP contribution in [-0.2, 0) is 9.84 Å². The summed E-state index contributed by atoms with van der Waals surface area (Å²) < 4.78 is 23.3. The Labute approximate surface area is 116 Å². The first kappa shape index (κ1) is 13.8. The zero-order chi connectivity index (χ0) is 13.5. The van der Waals surface area contributed by atoms with Crippen molar-refractivity contribution in [2.75, 3.05) is 37.7 Å². The lowest BCUT2D eigenvalue weighted by atomic mass is 10.1. The van der Waals surface area contributed by atoms with E-state index in [2.05, 4.69) is 9.80 Å². The van der Waals surface area contributed by atoms with Crippen LogP contribution in [0.15, 0.2) is 0 Å². The highest BCUT2D eigenvalue weighted by molar-refractivity contribution is 7.91. The van der Waals surface area contributed by atoms with Gasteiger partial charge in [0.1, 0.15) is 0 Å². The van der Waals surface area contributed by atoms with E-state index in [9.17, 15) is 8.42 Å². The van der Waals surface area contributed by atoms with Crippen LogP contribution in [0, 0.1) is 0 Å². The molecule has 0 aromatic rings. The number of nitrogens with two attached hydrogens (primary N) is 1. The Bertz CT molecular complexity index is 412. The molecule has 2 N–H and O–H groups in total. The summed E-state index contributed by atoms with van der Waals surface area (Å²) in [6.45, 7) is 4.11. The van der Waals surface area contributed by atoms with Crippen molar-refractivity contribution >= 4 is 9.84 Å². The predicted octanol–water partition coefficient (Wildman–Crippen LogP) is -0.329. The second-order valence-corrected chi connectivity index (χ2v) is 8.47. The molecule has 3 fully saturated rings. The average molecular weight is 287 g/mol. The fourth-order valence-electron chi connectivity index (χ4n) is 3.94. The molecule has 19 heavy (non-hydrogen) atoms. The largest absolute Gasteiger partial charge is 0.325 e. The van der Waals surface area contributed by atoms with Gasteiger partial charge in [-0.2, -0.15) is 0 Å². The SMILES string of the molecule is NC1CS(=O)(=O)CC1N1CCN(C2CCCC2)CC1. The number of sulfone groups is 1. The highest BCUT2D eigenvalue weighted by atomic mass is 32.2. The summed E-state index contributed by atoms with van der Waals surface area (Å²) in [5.41, 5.74) is 6.01. The maximum atomic E-state index is 11.7. The zero-order valence-corrected chi connectivity index (χ0v) is 12.3. The molecule has 6 heteroatoms. The van der Waals surface area contributed by atoms with E-state index in [0.717, 1.165) is 32.2 Å². The van der Waals surface area contributed by atoms with Crippen LogP contribution in [0.4, 0.5) is 0 Å². The molecule has 110 valence electrons. The molecule has 2 aliphatic heterocycles. The maximum Gasteiger partial charge on any atom is 0.153 e. The smallest absolute Gasteiger partial charge is 0.153 e. The van der Waals surface area contributed by atoms with Crippen LogP contribution in [-0.4, -0.2) is 74.0 Å². The first-order valence-corrected chi connectivity index (χ1v) is 9.31. The summed E-state index contributed by atoms with van der Waals surface area (Å²) >= 11 is 0. The van der Waals surface area contributed by atoms with Crippen LogP contribution in [0.3, 0.4) is 0 Å².